The van der Waals surface area contributed by atoms with Crippen molar-refractivity contribution in [2.45, 2.75) is 71.4 Å². The van der Waals surface area contributed by atoms with Crippen molar-refractivity contribution in [2.75, 3.05) is 0 Å². The molecule has 1 aliphatic rings. The van der Waals surface area contributed by atoms with Crippen LogP contribution in [0.4, 0.5) is 0 Å². The minimum Gasteiger partial charge on any atom is -0.352 e. The van der Waals surface area contributed by atoms with Gasteiger partial charge < -0.3 is 11.1 Å². The van der Waals surface area contributed by atoms with Gasteiger partial charge in [0.1, 0.15) is 0 Å². The Labute approximate surface area is 106 Å². The summed E-state index contributed by atoms with van der Waals surface area (Å²) < 4.78 is 0. The van der Waals surface area contributed by atoms with E-state index in [1.165, 1.54) is 25.7 Å². The molecule has 0 saturated heterocycles. The maximum absolute atomic E-state index is 12.0. The zero-order valence-electron chi connectivity index (χ0n) is 11.5. The van der Waals surface area contributed by atoms with E-state index in [1.807, 2.05) is 6.92 Å². The number of hydrogen-bond donors (Lipinski definition) is 2. The van der Waals surface area contributed by atoms with Crippen LogP contribution in [0.15, 0.2) is 0 Å². The number of nitrogens with one attached hydrogen (secondary N) is 1. The Hall–Kier alpha value is -0.570. The smallest absolute Gasteiger partial charge is 0.237 e. The van der Waals surface area contributed by atoms with E-state index in [0.29, 0.717) is 12.0 Å². The second-order valence-electron chi connectivity index (χ2n) is 5.64. The first-order valence-electron chi connectivity index (χ1n) is 7.12. The fraction of sp³-hybridized carbons (Fsp3) is 0.929. The molecular formula is C14H28N2O. The Morgan fingerprint density at radius 1 is 1.35 bits per heavy atom. The van der Waals surface area contributed by atoms with Gasteiger partial charge in [0.2, 0.25) is 5.91 Å². The third-order valence-corrected chi connectivity index (χ3v) is 4.25. The van der Waals surface area contributed by atoms with Gasteiger partial charge in [0.15, 0.2) is 0 Å². The van der Waals surface area contributed by atoms with Gasteiger partial charge in [-0.3, -0.25) is 4.79 Å². The maximum Gasteiger partial charge on any atom is 0.237 e. The average molecular weight is 240 g/mol. The van der Waals surface area contributed by atoms with Crippen molar-refractivity contribution in [3.05, 3.63) is 0 Å². The molecule has 3 N–H and O–H groups in total. The van der Waals surface area contributed by atoms with Crippen LogP contribution in [0.3, 0.4) is 0 Å². The van der Waals surface area contributed by atoms with Crippen molar-refractivity contribution in [1.29, 1.82) is 0 Å². The lowest BCUT2D eigenvalue weighted by atomic mass is 9.95. The van der Waals surface area contributed by atoms with Gasteiger partial charge in [0, 0.05) is 6.04 Å². The molecule has 0 spiro atoms. The van der Waals surface area contributed by atoms with Crippen LogP contribution in [0.5, 0.6) is 0 Å². The molecule has 1 rings (SSSR count). The summed E-state index contributed by atoms with van der Waals surface area (Å²) in [5.74, 6) is 0.889. The van der Waals surface area contributed by atoms with Crippen LogP contribution >= 0.6 is 0 Å². The van der Waals surface area contributed by atoms with E-state index < -0.39 is 0 Å². The predicted octanol–water partition coefficient (Wildman–Crippen LogP) is 2.44. The summed E-state index contributed by atoms with van der Waals surface area (Å²) in [5, 5.41) is 3.16. The highest BCUT2D eigenvalue weighted by atomic mass is 16.2. The van der Waals surface area contributed by atoms with Crippen molar-refractivity contribution >= 4 is 5.91 Å². The Morgan fingerprint density at radius 3 is 2.65 bits per heavy atom. The molecular weight excluding hydrogens is 212 g/mol. The molecule has 0 aliphatic heterocycles. The summed E-state index contributed by atoms with van der Waals surface area (Å²) in [6, 6.07) is -0.0180. The van der Waals surface area contributed by atoms with Gasteiger partial charge in [-0.25, -0.2) is 0 Å². The van der Waals surface area contributed by atoms with E-state index in [4.69, 9.17) is 5.73 Å². The molecule has 0 radical (unpaired) electrons. The average Bonchev–Trinajstić information content (AvgIpc) is 2.53. The Kier molecular flexibility index (Phi) is 5.96. The van der Waals surface area contributed by atoms with Gasteiger partial charge in [0.05, 0.1) is 6.04 Å². The first-order chi connectivity index (χ1) is 8.06. The van der Waals surface area contributed by atoms with Crippen LogP contribution in [0.25, 0.3) is 0 Å². The van der Waals surface area contributed by atoms with Gasteiger partial charge in [-0.05, 0) is 24.7 Å². The minimum absolute atomic E-state index is 0.0399. The van der Waals surface area contributed by atoms with Crippen LogP contribution in [0.1, 0.15) is 59.3 Å². The topological polar surface area (TPSA) is 55.1 Å². The van der Waals surface area contributed by atoms with E-state index in [-0.39, 0.29) is 17.9 Å². The van der Waals surface area contributed by atoms with Gasteiger partial charge in [-0.2, -0.15) is 0 Å². The minimum atomic E-state index is -0.351. The molecule has 4 atom stereocenters. The van der Waals surface area contributed by atoms with Gasteiger partial charge in [-0.1, -0.05) is 46.5 Å². The maximum atomic E-state index is 12.0. The second kappa shape index (κ2) is 7.00. The lowest BCUT2D eigenvalue weighted by Crippen LogP contribution is -2.49. The monoisotopic (exact) mass is 240 g/mol. The van der Waals surface area contributed by atoms with Crippen LogP contribution in [0, 0.1) is 11.8 Å². The Bertz CT molecular complexity index is 242. The van der Waals surface area contributed by atoms with E-state index in [9.17, 15) is 4.79 Å². The molecule has 0 bridgehead atoms. The SMILES string of the molecule is CCC(C)[C@H](N)C(=O)NC1CCCCCC1C. The molecule has 0 aromatic heterocycles. The number of nitrogens with two attached hydrogens (primary N) is 1. The summed E-state index contributed by atoms with van der Waals surface area (Å²) in [6.07, 6.45) is 7.12. The lowest BCUT2D eigenvalue weighted by Gasteiger charge is -2.26. The van der Waals surface area contributed by atoms with Crippen LogP contribution in [0.2, 0.25) is 0 Å². The predicted molar refractivity (Wildman–Crippen MR) is 71.6 cm³/mol. The molecule has 3 unspecified atom stereocenters. The number of rotatable bonds is 4. The fourth-order valence-corrected chi connectivity index (χ4v) is 2.50. The molecule has 0 heterocycles. The summed E-state index contributed by atoms with van der Waals surface area (Å²) in [7, 11) is 0. The van der Waals surface area contributed by atoms with Crippen molar-refractivity contribution in [1.82, 2.24) is 5.32 Å². The highest BCUT2D eigenvalue weighted by Crippen LogP contribution is 2.23. The van der Waals surface area contributed by atoms with E-state index >= 15 is 0 Å². The lowest BCUT2D eigenvalue weighted by molar-refractivity contribution is -0.124. The van der Waals surface area contributed by atoms with E-state index in [0.717, 1.165) is 12.8 Å². The number of hydrogen-bond acceptors (Lipinski definition) is 2. The van der Waals surface area contributed by atoms with Crippen molar-refractivity contribution in [3.63, 3.8) is 0 Å². The zero-order chi connectivity index (χ0) is 12.8. The molecule has 3 nitrogen and oxygen atoms in total. The highest BCUT2D eigenvalue weighted by Gasteiger charge is 2.25. The van der Waals surface area contributed by atoms with Gasteiger partial charge in [0.25, 0.3) is 0 Å². The summed E-state index contributed by atoms with van der Waals surface area (Å²) >= 11 is 0. The first kappa shape index (κ1) is 14.5. The molecule has 100 valence electrons. The van der Waals surface area contributed by atoms with Crippen LogP contribution in [-0.4, -0.2) is 18.0 Å². The van der Waals surface area contributed by atoms with E-state index in [1.54, 1.807) is 0 Å². The summed E-state index contributed by atoms with van der Waals surface area (Å²) in [4.78, 5) is 12.0. The first-order valence-corrected chi connectivity index (χ1v) is 7.12. The van der Waals surface area contributed by atoms with E-state index in [2.05, 4.69) is 19.2 Å². The van der Waals surface area contributed by atoms with Gasteiger partial charge in [-0.15, -0.1) is 0 Å². The largest absolute Gasteiger partial charge is 0.352 e. The molecule has 1 fully saturated rings. The third-order valence-electron chi connectivity index (χ3n) is 4.25. The quantitative estimate of drug-likeness (QED) is 0.742. The van der Waals surface area contributed by atoms with Crippen molar-refractivity contribution < 1.29 is 4.79 Å². The molecule has 1 aliphatic carbocycles. The highest BCUT2D eigenvalue weighted by molar-refractivity contribution is 5.82. The normalized spacial score (nSPS) is 29.2. The third kappa shape index (κ3) is 4.30. The second-order valence-corrected chi connectivity index (χ2v) is 5.64. The zero-order valence-corrected chi connectivity index (χ0v) is 11.5. The summed E-state index contributed by atoms with van der Waals surface area (Å²) in [5.41, 5.74) is 5.96. The number of carbonyl (C=O) groups is 1. The Morgan fingerprint density at radius 2 is 2.00 bits per heavy atom. The van der Waals surface area contributed by atoms with Crippen LogP contribution in [-0.2, 0) is 4.79 Å². The van der Waals surface area contributed by atoms with Crippen molar-refractivity contribution in [2.24, 2.45) is 17.6 Å². The molecule has 0 aromatic rings. The summed E-state index contributed by atoms with van der Waals surface area (Å²) in [6.45, 7) is 6.36. The van der Waals surface area contributed by atoms with Crippen molar-refractivity contribution in [3.8, 4) is 0 Å². The fourth-order valence-electron chi connectivity index (χ4n) is 2.50. The molecule has 17 heavy (non-hydrogen) atoms. The standard InChI is InChI=1S/C14H28N2O/c1-4-10(2)13(15)14(17)16-12-9-7-5-6-8-11(12)3/h10-13H,4-9,15H2,1-3H3,(H,16,17)/t10?,11?,12?,13-/m0/s1. The molecule has 1 amide bonds. The molecule has 3 heteroatoms. The van der Waals surface area contributed by atoms with Crippen LogP contribution < -0.4 is 11.1 Å². The molecule has 1 saturated carbocycles. The Balaban J connectivity index is 2.48. The number of carbonyl (C=O) groups excluding carboxylic acids is 1. The van der Waals surface area contributed by atoms with Gasteiger partial charge >= 0.3 is 0 Å². The number of amides is 1. The molecule has 0 aromatic carbocycles.